The number of hydrogen-bond donors (Lipinski definition) is 1. The molecular formula is C18H23NO2. The highest BCUT2D eigenvalue weighted by atomic mass is 16.5. The lowest BCUT2D eigenvalue weighted by atomic mass is 9.83. The van der Waals surface area contributed by atoms with E-state index in [-0.39, 0.29) is 0 Å². The zero-order valence-corrected chi connectivity index (χ0v) is 12.8. The third-order valence-corrected chi connectivity index (χ3v) is 4.51. The minimum atomic E-state index is -0.811. The Labute approximate surface area is 126 Å². The molecule has 0 unspecified atom stereocenters. The predicted molar refractivity (Wildman–Crippen MR) is 83.0 cm³/mol. The zero-order chi connectivity index (χ0) is 14.9. The number of hydrogen-bond acceptors (Lipinski definition) is 3. The van der Waals surface area contributed by atoms with Gasteiger partial charge in [-0.15, -0.1) is 0 Å². The Morgan fingerprint density at radius 1 is 1.10 bits per heavy atom. The van der Waals surface area contributed by atoms with Gasteiger partial charge >= 0.3 is 0 Å². The molecule has 1 saturated carbocycles. The Morgan fingerprint density at radius 2 is 1.76 bits per heavy atom. The normalized spacial score (nSPS) is 17.1. The summed E-state index contributed by atoms with van der Waals surface area (Å²) in [6.45, 7) is 3.59. The van der Waals surface area contributed by atoms with Crippen molar-refractivity contribution >= 4 is 0 Å². The molecule has 3 heteroatoms. The van der Waals surface area contributed by atoms with Crippen LogP contribution in [0.3, 0.4) is 0 Å². The molecule has 1 aliphatic carbocycles. The third kappa shape index (κ3) is 3.03. The van der Waals surface area contributed by atoms with Gasteiger partial charge in [-0.3, -0.25) is 0 Å². The number of aromatic nitrogens is 1. The summed E-state index contributed by atoms with van der Waals surface area (Å²) in [7, 11) is 0. The van der Waals surface area contributed by atoms with Gasteiger partial charge in [0.2, 0.25) is 0 Å². The molecule has 1 aromatic heterocycles. The summed E-state index contributed by atoms with van der Waals surface area (Å²) in [6.07, 6.45) is 8.22. The average Bonchev–Trinajstić information content (AvgIpc) is 2.97. The van der Waals surface area contributed by atoms with Crippen molar-refractivity contribution in [3.63, 3.8) is 0 Å². The quantitative estimate of drug-likeness (QED) is 0.895. The van der Waals surface area contributed by atoms with Gasteiger partial charge in [-0.05, 0) is 38.2 Å². The fourth-order valence-corrected chi connectivity index (χ4v) is 3.20. The lowest BCUT2D eigenvalue weighted by Gasteiger charge is -2.21. The summed E-state index contributed by atoms with van der Waals surface area (Å²) in [6, 6.07) is 7.98. The molecule has 1 heterocycles. The lowest BCUT2D eigenvalue weighted by Crippen LogP contribution is -2.14. The van der Waals surface area contributed by atoms with Gasteiger partial charge in [-0.1, -0.05) is 48.7 Å². The van der Waals surface area contributed by atoms with E-state index in [0.29, 0.717) is 5.92 Å². The highest BCUT2D eigenvalue weighted by Gasteiger charge is 2.22. The molecule has 1 fully saturated rings. The van der Waals surface area contributed by atoms with Gasteiger partial charge in [0.05, 0.1) is 5.60 Å². The second-order valence-corrected chi connectivity index (χ2v) is 6.59. The largest absolute Gasteiger partial charge is 0.386 e. The van der Waals surface area contributed by atoms with E-state index >= 15 is 0 Å². The molecule has 3 rings (SSSR count). The smallest absolute Gasteiger partial charge is 0.127 e. The third-order valence-electron chi connectivity index (χ3n) is 4.51. The molecular weight excluding hydrogens is 262 g/mol. The van der Waals surface area contributed by atoms with Gasteiger partial charge in [0.1, 0.15) is 12.0 Å². The van der Waals surface area contributed by atoms with Crippen LogP contribution in [0, 0.1) is 0 Å². The predicted octanol–water partition coefficient (Wildman–Crippen LogP) is 4.62. The van der Waals surface area contributed by atoms with E-state index in [1.54, 1.807) is 13.8 Å². The molecule has 0 atom stereocenters. The van der Waals surface area contributed by atoms with Crippen LogP contribution in [0.15, 0.2) is 35.1 Å². The number of rotatable bonds is 3. The number of aliphatic hydroxyl groups is 1. The van der Waals surface area contributed by atoms with E-state index in [0.717, 1.165) is 16.8 Å². The van der Waals surface area contributed by atoms with Crippen LogP contribution in [0.25, 0.3) is 11.3 Å². The van der Waals surface area contributed by atoms with Gasteiger partial charge in [0, 0.05) is 11.1 Å². The Kier molecular flexibility index (Phi) is 3.85. The first-order valence-corrected chi connectivity index (χ1v) is 7.83. The second-order valence-electron chi connectivity index (χ2n) is 6.59. The van der Waals surface area contributed by atoms with Crippen LogP contribution >= 0.6 is 0 Å². The van der Waals surface area contributed by atoms with Crippen LogP contribution in [0.5, 0.6) is 0 Å². The summed E-state index contributed by atoms with van der Waals surface area (Å²) in [5.41, 5.74) is 3.37. The zero-order valence-electron chi connectivity index (χ0n) is 12.8. The molecule has 0 saturated heterocycles. The Bertz CT molecular complexity index is 586. The summed E-state index contributed by atoms with van der Waals surface area (Å²) >= 11 is 0. The van der Waals surface area contributed by atoms with Crippen molar-refractivity contribution in [1.29, 1.82) is 0 Å². The van der Waals surface area contributed by atoms with E-state index in [9.17, 15) is 5.11 Å². The van der Waals surface area contributed by atoms with Gasteiger partial charge in [0.25, 0.3) is 0 Å². The first kappa shape index (κ1) is 14.3. The monoisotopic (exact) mass is 285 g/mol. The van der Waals surface area contributed by atoms with Crippen LogP contribution in [-0.4, -0.2) is 10.3 Å². The van der Waals surface area contributed by atoms with Gasteiger partial charge < -0.3 is 9.63 Å². The summed E-state index contributed by atoms with van der Waals surface area (Å²) in [5.74, 6) is 0.578. The SMILES string of the molecule is CC(C)(O)c1ccc(-c2nocc2C2CCCCC2)cc1. The Morgan fingerprint density at radius 3 is 2.38 bits per heavy atom. The minimum absolute atomic E-state index is 0.578. The number of benzene rings is 1. The Hall–Kier alpha value is -1.61. The number of nitrogens with zero attached hydrogens (tertiary/aromatic N) is 1. The van der Waals surface area contributed by atoms with Crippen molar-refractivity contribution < 1.29 is 9.63 Å². The molecule has 112 valence electrons. The lowest BCUT2D eigenvalue weighted by molar-refractivity contribution is 0.0786. The standard InChI is InChI=1S/C18H23NO2/c1-18(2,20)15-10-8-14(9-11-15)17-16(12-21-19-17)13-6-4-3-5-7-13/h8-13,20H,3-7H2,1-2H3. The fraction of sp³-hybridized carbons (Fsp3) is 0.500. The van der Waals surface area contributed by atoms with Crippen molar-refractivity contribution in [3.8, 4) is 11.3 Å². The fourth-order valence-electron chi connectivity index (χ4n) is 3.20. The maximum atomic E-state index is 10.0. The molecule has 2 aromatic rings. The molecule has 1 aromatic carbocycles. The van der Waals surface area contributed by atoms with Crippen molar-refractivity contribution in [1.82, 2.24) is 5.16 Å². The van der Waals surface area contributed by atoms with E-state index in [2.05, 4.69) is 5.16 Å². The maximum Gasteiger partial charge on any atom is 0.127 e. The second kappa shape index (κ2) is 5.64. The highest BCUT2D eigenvalue weighted by molar-refractivity contribution is 5.63. The van der Waals surface area contributed by atoms with E-state index in [1.807, 2.05) is 30.5 Å². The van der Waals surface area contributed by atoms with Gasteiger partial charge in [-0.25, -0.2) is 0 Å². The van der Waals surface area contributed by atoms with E-state index < -0.39 is 5.60 Å². The average molecular weight is 285 g/mol. The molecule has 0 amide bonds. The molecule has 21 heavy (non-hydrogen) atoms. The van der Waals surface area contributed by atoms with Crippen molar-refractivity contribution in [2.24, 2.45) is 0 Å². The maximum absolute atomic E-state index is 10.0. The molecule has 1 N–H and O–H groups in total. The molecule has 0 radical (unpaired) electrons. The Balaban J connectivity index is 1.89. The summed E-state index contributed by atoms with van der Waals surface area (Å²) < 4.78 is 5.25. The van der Waals surface area contributed by atoms with Crippen LogP contribution in [0.2, 0.25) is 0 Å². The summed E-state index contributed by atoms with van der Waals surface area (Å²) in [5, 5.41) is 14.3. The van der Waals surface area contributed by atoms with Gasteiger partial charge in [0.15, 0.2) is 0 Å². The van der Waals surface area contributed by atoms with Crippen molar-refractivity contribution in [2.45, 2.75) is 57.5 Å². The van der Waals surface area contributed by atoms with Gasteiger partial charge in [-0.2, -0.15) is 0 Å². The minimum Gasteiger partial charge on any atom is -0.386 e. The van der Waals surface area contributed by atoms with Crippen LogP contribution < -0.4 is 0 Å². The molecule has 3 nitrogen and oxygen atoms in total. The first-order chi connectivity index (χ1) is 10.1. The molecule has 1 aliphatic rings. The first-order valence-electron chi connectivity index (χ1n) is 7.83. The highest BCUT2D eigenvalue weighted by Crippen LogP contribution is 2.37. The molecule has 0 spiro atoms. The van der Waals surface area contributed by atoms with E-state index in [1.165, 1.54) is 37.7 Å². The van der Waals surface area contributed by atoms with Crippen molar-refractivity contribution in [2.75, 3.05) is 0 Å². The summed E-state index contributed by atoms with van der Waals surface area (Å²) in [4.78, 5) is 0. The topological polar surface area (TPSA) is 46.3 Å². The van der Waals surface area contributed by atoms with Crippen LogP contribution in [0.4, 0.5) is 0 Å². The van der Waals surface area contributed by atoms with Crippen molar-refractivity contribution in [3.05, 3.63) is 41.7 Å². The van der Waals surface area contributed by atoms with Crippen LogP contribution in [-0.2, 0) is 5.60 Å². The van der Waals surface area contributed by atoms with E-state index in [4.69, 9.17) is 4.52 Å². The van der Waals surface area contributed by atoms with Crippen LogP contribution in [0.1, 0.15) is 63.0 Å². The molecule has 0 aliphatic heterocycles. The molecule has 0 bridgehead atoms.